The Bertz CT molecular complexity index is 381. The molecule has 1 amide bonds. The van der Waals surface area contributed by atoms with Gasteiger partial charge in [0.25, 0.3) is 0 Å². The molecule has 0 aromatic rings. The molecule has 6 heteroatoms. The van der Waals surface area contributed by atoms with E-state index in [1.807, 2.05) is 0 Å². The van der Waals surface area contributed by atoms with Crippen molar-refractivity contribution in [1.29, 1.82) is 0 Å². The maximum Gasteiger partial charge on any atom is 0.328 e. The van der Waals surface area contributed by atoms with E-state index >= 15 is 0 Å². The monoisotopic (exact) mass is 255 g/mol. The van der Waals surface area contributed by atoms with Crippen LogP contribution in [0.3, 0.4) is 0 Å². The second-order valence-corrected chi connectivity index (χ2v) is 4.73. The van der Waals surface area contributed by atoms with Gasteiger partial charge in [-0.1, -0.05) is 0 Å². The number of carboxylic acid groups (broad SMARTS) is 1. The van der Waals surface area contributed by atoms with Crippen molar-refractivity contribution in [3.8, 4) is 0 Å². The highest BCUT2D eigenvalue weighted by Gasteiger charge is 2.52. The molecule has 3 unspecified atom stereocenters. The number of nitrogens with zero attached hydrogens (tertiary/aromatic N) is 1. The molecule has 3 atom stereocenters. The summed E-state index contributed by atoms with van der Waals surface area (Å²) in [5.41, 5.74) is 0. The van der Waals surface area contributed by atoms with Crippen molar-refractivity contribution in [2.24, 2.45) is 11.8 Å². The average Bonchev–Trinajstić information content (AvgIpc) is 2.98. The van der Waals surface area contributed by atoms with Gasteiger partial charge in [0.05, 0.1) is 18.4 Å². The number of aliphatic carboxylic acids is 1. The molecule has 100 valence electrons. The second-order valence-electron chi connectivity index (χ2n) is 4.73. The first kappa shape index (κ1) is 12.9. The molecule has 0 aromatic heterocycles. The first-order chi connectivity index (χ1) is 8.56. The molecule has 1 heterocycles. The lowest BCUT2D eigenvalue weighted by Gasteiger charge is -2.23. The van der Waals surface area contributed by atoms with Crippen LogP contribution in [-0.4, -0.2) is 47.0 Å². The second kappa shape index (κ2) is 4.96. The van der Waals surface area contributed by atoms with Crippen molar-refractivity contribution in [2.75, 3.05) is 13.2 Å². The number of hydrogen-bond donors (Lipinski definition) is 1. The molecule has 1 aliphatic heterocycles. The molecule has 0 aromatic carbocycles. The summed E-state index contributed by atoms with van der Waals surface area (Å²) >= 11 is 0. The highest BCUT2D eigenvalue weighted by molar-refractivity contribution is 5.92. The number of carboxylic acids is 1. The fourth-order valence-electron chi connectivity index (χ4n) is 2.47. The van der Waals surface area contributed by atoms with Crippen LogP contribution >= 0.6 is 0 Å². The summed E-state index contributed by atoms with van der Waals surface area (Å²) in [5, 5.41) is 8.81. The van der Waals surface area contributed by atoms with Gasteiger partial charge >= 0.3 is 11.9 Å². The topological polar surface area (TPSA) is 83.9 Å². The van der Waals surface area contributed by atoms with Crippen LogP contribution in [0.25, 0.3) is 0 Å². The maximum atomic E-state index is 12.1. The third-order valence-corrected chi connectivity index (χ3v) is 3.52. The molecule has 2 aliphatic rings. The summed E-state index contributed by atoms with van der Waals surface area (Å²) in [5.74, 6) is -2.53. The van der Waals surface area contributed by atoms with Gasteiger partial charge in [-0.3, -0.25) is 9.59 Å². The minimum atomic E-state index is -0.930. The zero-order valence-electron chi connectivity index (χ0n) is 10.3. The standard InChI is InChI=1S/C12H17NO5/c1-2-18-12(17)9-4-3-5-13(9)10(14)7-6-8(7)11(15)16/h7-9H,2-6H2,1H3,(H,15,16). The molecule has 2 fully saturated rings. The van der Waals surface area contributed by atoms with Crippen LogP contribution in [0.2, 0.25) is 0 Å². The highest BCUT2D eigenvalue weighted by atomic mass is 16.5. The van der Waals surface area contributed by atoms with Crippen molar-refractivity contribution in [2.45, 2.75) is 32.2 Å². The van der Waals surface area contributed by atoms with Crippen LogP contribution in [-0.2, 0) is 19.1 Å². The zero-order valence-corrected chi connectivity index (χ0v) is 10.3. The molecule has 1 saturated carbocycles. The summed E-state index contributed by atoms with van der Waals surface area (Å²) in [6.07, 6.45) is 1.76. The van der Waals surface area contributed by atoms with Gasteiger partial charge in [-0.2, -0.15) is 0 Å². The SMILES string of the molecule is CCOC(=O)C1CCCN1C(=O)C1CC1C(=O)O. The summed E-state index contributed by atoms with van der Waals surface area (Å²) in [6.45, 7) is 2.53. The summed E-state index contributed by atoms with van der Waals surface area (Å²) in [4.78, 5) is 36.0. The molecule has 18 heavy (non-hydrogen) atoms. The first-order valence-electron chi connectivity index (χ1n) is 6.26. The van der Waals surface area contributed by atoms with Crippen LogP contribution in [0.1, 0.15) is 26.2 Å². The molecule has 0 radical (unpaired) electrons. The number of hydrogen-bond acceptors (Lipinski definition) is 4. The Morgan fingerprint density at radius 1 is 1.33 bits per heavy atom. The van der Waals surface area contributed by atoms with Crippen LogP contribution in [0.4, 0.5) is 0 Å². The molecular formula is C12H17NO5. The Hall–Kier alpha value is -1.59. The Balaban J connectivity index is 1.97. The highest BCUT2D eigenvalue weighted by Crippen LogP contribution is 2.41. The van der Waals surface area contributed by atoms with Gasteiger partial charge in [-0.25, -0.2) is 4.79 Å². The molecule has 1 N–H and O–H groups in total. The largest absolute Gasteiger partial charge is 0.481 e. The van der Waals surface area contributed by atoms with E-state index in [4.69, 9.17) is 9.84 Å². The van der Waals surface area contributed by atoms with Gasteiger partial charge in [0, 0.05) is 6.54 Å². The number of carbonyl (C=O) groups excluding carboxylic acids is 2. The van der Waals surface area contributed by atoms with Crippen molar-refractivity contribution in [3.63, 3.8) is 0 Å². The molecule has 6 nitrogen and oxygen atoms in total. The lowest BCUT2D eigenvalue weighted by atomic mass is 10.2. The van der Waals surface area contributed by atoms with Crippen molar-refractivity contribution < 1.29 is 24.2 Å². The fourth-order valence-corrected chi connectivity index (χ4v) is 2.47. The summed E-state index contributed by atoms with van der Waals surface area (Å²) in [6, 6.07) is -0.521. The third-order valence-electron chi connectivity index (χ3n) is 3.52. The average molecular weight is 255 g/mol. The Kier molecular flexibility index (Phi) is 3.54. The predicted molar refractivity (Wildman–Crippen MR) is 60.6 cm³/mol. The van der Waals surface area contributed by atoms with E-state index in [0.29, 0.717) is 26.0 Å². The molecule has 2 rings (SSSR count). The van der Waals surface area contributed by atoms with E-state index in [2.05, 4.69) is 0 Å². The zero-order chi connectivity index (χ0) is 13.3. The van der Waals surface area contributed by atoms with Gasteiger partial charge in [-0.15, -0.1) is 0 Å². The van der Waals surface area contributed by atoms with E-state index < -0.39 is 23.8 Å². The summed E-state index contributed by atoms with van der Waals surface area (Å²) < 4.78 is 4.93. The minimum Gasteiger partial charge on any atom is -0.481 e. The number of amides is 1. The Morgan fingerprint density at radius 2 is 2.06 bits per heavy atom. The Morgan fingerprint density at radius 3 is 2.61 bits per heavy atom. The van der Waals surface area contributed by atoms with Gasteiger partial charge in [0.2, 0.25) is 5.91 Å². The van der Waals surface area contributed by atoms with Crippen LogP contribution in [0, 0.1) is 11.8 Å². The lowest BCUT2D eigenvalue weighted by Crippen LogP contribution is -2.42. The minimum absolute atomic E-state index is 0.210. The van der Waals surface area contributed by atoms with Crippen molar-refractivity contribution >= 4 is 17.8 Å². The van der Waals surface area contributed by atoms with Gasteiger partial charge in [-0.05, 0) is 26.2 Å². The smallest absolute Gasteiger partial charge is 0.328 e. The molecule has 0 spiro atoms. The lowest BCUT2D eigenvalue weighted by molar-refractivity contribution is -0.153. The fraction of sp³-hybridized carbons (Fsp3) is 0.750. The van der Waals surface area contributed by atoms with Gasteiger partial charge < -0.3 is 14.7 Å². The third kappa shape index (κ3) is 2.32. The number of carbonyl (C=O) groups is 3. The quantitative estimate of drug-likeness (QED) is 0.728. The van der Waals surface area contributed by atoms with Crippen LogP contribution in [0.5, 0.6) is 0 Å². The first-order valence-corrected chi connectivity index (χ1v) is 6.26. The number of ether oxygens (including phenoxy) is 1. The van der Waals surface area contributed by atoms with E-state index in [1.54, 1.807) is 6.92 Å². The van der Waals surface area contributed by atoms with Crippen LogP contribution < -0.4 is 0 Å². The normalized spacial score (nSPS) is 30.1. The Labute approximate surface area is 105 Å². The molecule has 0 bridgehead atoms. The van der Waals surface area contributed by atoms with Gasteiger partial charge in [0.1, 0.15) is 6.04 Å². The van der Waals surface area contributed by atoms with E-state index in [1.165, 1.54) is 4.90 Å². The predicted octanol–water partition coefficient (Wildman–Crippen LogP) is 0.261. The van der Waals surface area contributed by atoms with Gasteiger partial charge in [0.15, 0.2) is 0 Å². The van der Waals surface area contributed by atoms with E-state index in [0.717, 1.165) is 6.42 Å². The van der Waals surface area contributed by atoms with Crippen molar-refractivity contribution in [3.05, 3.63) is 0 Å². The van der Waals surface area contributed by atoms with Crippen LogP contribution in [0.15, 0.2) is 0 Å². The number of rotatable bonds is 4. The maximum absolute atomic E-state index is 12.1. The molecular weight excluding hydrogens is 238 g/mol. The number of esters is 1. The van der Waals surface area contributed by atoms with E-state index in [9.17, 15) is 14.4 Å². The summed E-state index contributed by atoms with van der Waals surface area (Å²) in [7, 11) is 0. The van der Waals surface area contributed by atoms with E-state index in [-0.39, 0.29) is 11.9 Å². The molecule has 1 saturated heterocycles. The van der Waals surface area contributed by atoms with Crippen molar-refractivity contribution in [1.82, 2.24) is 4.90 Å². The number of likely N-dealkylation sites (tertiary alicyclic amines) is 1. The molecule has 1 aliphatic carbocycles.